The van der Waals surface area contributed by atoms with E-state index < -0.39 is 12.0 Å². The van der Waals surface area contributed by atoms with Crippen LogP contribution >= 0.6 is 11.3 Å². The molecule has 2 aromatic heterocycles. The number of aromatic nitrogens is 3. The maximum absolute atomic E-state index is 14.2. The van der Waals surface area contributed by atoms with E-state index in [1.807, 2.05) is 54.6 Å². The number of benzene rings is 3. The molecule has 0 fully saturated rings. The molecule has 3 heterocycles. The first kappa shape index (κ1) is 26.5. The Balaban J connectivity index is 1.64. The van der Waals surface area contributed by atoms with Crippen molar-refractivity contribution in [2.45, 2.75) is 19.9 Å². The molecule has 0 aliphatic carbocycles. The van der Waals surface area contributed by atoms with Gasteiger partial charge in [-0.05, 0) is 54.5 Å². The number of nitrogens with zero attached hydrogens (tertiary/aromatic N) is 4. The van der Waals surface area contributed by atoms with Gasteiger partial charge in [0.05, 0.1) is 40.6 Å². The zero-order chi connectivity index (χ0) is 29.0. The molecule has 1 aliphatic rings. The van der Waals surface area contributed by atoms with Crippen LogP contribution in [-0.2, 0) is 23.6 Å². The van der Waals surface area contributed by atoms with E-state index in [2.05, 4.69) is 0 Å². The van der Waals surface area contributed by atoms with E-state index in [-0.39, 0.29) is 17.9 Å². The molecule has 1 aliphatic heterocycles. The number of hydrogen-bond acceptors (Lipinski definition) is 7. The summed E-state index contributed by atoms with van der Waals surface area (Å²) in [6.07, 6.45) is 1.79. The van der Waals surface area contributed by atoms with E-state index in [1.54, 1.807) is 54.8 Å². The van der Waals surface area contributed by atoms with Gasteiger partial charge in [-0.15, -0.1) is 0 Å². The predicted octanol–water partition coefficient (Wildman–Crippen LogP) is 3.15. The summed E-state index contributed by atoms with van der Waals surface area (Å²) in [6.45, 7) is 3.69. The third-order valence-electron chi connectivity index (χ3n) is 7.53. The summed E-state index contributed by atoms with van der Waals surface area (Å²) in [6, 6.07) is 16.4. The molecule has 208 valence electrons. The van der Waals surface area contributed by atoms with Gasteiger partial charge in [0.2, 0.25) is 0 Å². The highest BCUT2D eigenvalue weighted by atomic mass is 32.1. The van der Waals surface area contributed by atoms with Crippen LogP contribution in [0.3, 0.4) is 0 Å². The number of methoxy groups -OCH3 is 1. The molecule has 41 heavy (non-hydrogen) atoms. The smallest absolute Gasteiger partial charge is 0.338 e. The molecule has 1 atom stereocenters. The minimum Gasteiger partial charge on any atom is -0.496 e. The maximum Gasteiger partial charge on any atom is 0.338 e. The van der Waals surface area contributed by atoms with Crippen molar-refractivity contribution in [3.8, 4) is 5.75 Å². The number of esters is 1. The quantitative estimate of drug-likeness (QED) is 0.304. The van der Waals surface area contributed by atoms with Gasteiger partial charge in [-0.1, -0.05) is 47.7 Å². The van der Waals surface area contributed by atoms with Crippen LogP contribution in [0.5, 0.6) is 5.75 Å². The molecule has 10 heteroatoms. The Kier molecular flexibility index (Phi) is 6.50. The summed E-state index contributed by atoms with van der Waals surface area (Å²) in [4.78, 5) is 45.2. The van der Waals surface area contributed by atoms with Gasteiger partial charge in [0.1, 0.15) is 11.8 Å². The Morgan fingerprint density at radius 1 is 1.05 bits per heavy atom. The lowest BCUT2D eigenvalue weighted by molar-refractivity contribution is -0.139. The highest BCUT2D eigenvalue weighted by Gasteiger charge is 2.36. The number of carbonyl (C=O) groups is 1. The molecule has 0 saturated carbocycles. The van der Waals surface area contributed by atoms with Crippen LogP contribution in [0, 0.1) is 0 Å². The monoisotopic (exact) mass is 568 g/mol. The lowest BCUT2D eigenvalue weighted by Crippen LogP contribution is -2.40. The molecule has 6 rings (SSSR count). The Hall–Kier alpha value is -4.70. The van der Waals surface area contributed by atoms with Gasteiger partial charge >= 0.3 is 11.7 Å². The second kappa shape index (κ2) is 10.0. The van der Waals surface area contributed by atoms with Gasteiger partial charge in [-0.2, -0.15) is 0 Å². The summed E-state index contributed by atoms with van der Waals surface area (Å²) < 4.78 is 16.4. The van der Waals surface area contributed by atoms with Gasteiger partial charge < -0.3 is 9.47 Å². The van der Waals surface area contributed by atoms with Crippen LogP contribution in [-0.4, -0.2) is 33.4 Å². The zero-order valence-electron chi connectivity index (χ0n) is 23.3. The first-order valence-electron chi connectivity index (χ1n) is 13.2. The first-order chi connectivity index (χ1) is 19.7. The van der Waals surface area contributed by atoms with Crippen molar-refractivity contribution in [1.82, 2.24) is 13.7 Å². The Morgan fingerprint density at radius 3 is 2.56 bits per heavy atom. The lowest BCUT2D eigenvalue weighted by atomic mass is 9.90. The molecule has 0 radical (unpaired) electrons. The molecule has 0 spiro atoms. The number of allylic oxidation sites excluding steroid dienone is 1. The van der Waals surface area contributed by atoms with Gasteiger partial charge in [0.25, 0.3) is 5.56 Å². The van der Waals surface area contributed by atoms with Crippen molar-refractivity contribution < 1.29 is 14.3 Å². The molecule has 0 amide bonds. The van der Waals surface area contributed by atoms with E-state index >= 15 is 0 Å². The largest absolute Gasteiger partial charge is 0.496 e. The predicted molar refractivity (Wildman–Crippen MR) is 159 cm³/mol. The number of rotatable bonds is 5. The Morgan fingerprint density at radius 2 is 1.80 bits per heavy atom. The highest BCUT2D eigenvalue weighted by molar-refractivity contribution is 7.07. The van der Waals surface area contributed by atoms with Gasteiger partial charge in [0, 0.05) is 19.7 Å². The van der Waals surface area contributed by atoms with Gasteiger partial charge in [0.15, 0.2) is 4.80 Å². The molecule has 5 aromatic rings. The average Bonchev–Trinajstić information content (AvgIpc) is 3.38. The highest BCUT2D eigenvalue weighted by Crippen LogP contribution is 2.40. The molecule has 0 N–H and O–H groups in total. The summed E-state index contributed by atoms with van der Waals surface area (Å²) >= 11 is 1.25. The fourth-order valence-corrected chi connectivity index (χ4v) is 6.61. The number of imidazole rings is 1. The van der Waals surface area contributed by atoms with Crippen molar-refractivity contribution in [3.05, 3.63) is 107 Å². The molecular weight excluding hydrogens is 540 g/mol. The van der Waals surface area contributed by atoms with Crippen LogP contribution in [0.4, 0.5) is 0 Å². The summed E-state index contributed by atoms with van der Waals surface area (Å²) in [5.41, 5.74) is 3.39. The third-order valence-corrected chi connectivity index (χ3v) is 8.52. The molecular formula is C31H28N4O5S. The minimum atomic E-state index is -0.814. The van der Waals surface area contributed by atoms with Crippen molar-refractivity contribution in [1.29, 1.82) is 0 Å². The van der Waals surface area contributed by atoms with E-state index in [4.69, 9.17) is 14.5 Å². The molecule has 0 bridgehead atoms. The van der Waals surface area contributed by atoms with E-state index in [0.29, 0.717) is 31.9 Å². The van der Waals surface area contributed by atoms with Crippen LogP contribution < -0.4 is 25.3 Å². The zero-order valence-corrected chi connectivity index (χ0v) is 24.1. The normalized spacial score (nSPS) is 15.3. The first-order valence-corrected chi connectivity index (χ1v) is 14.0. The topological polar surface area (TPSA) is 96.8 Å². The third kappa shape index (κ3) is 4.13. The SMILES string of the molecule is CCOC(=O)C1=C(C)N=c2s/c(=C/c3ccc4c(c3)n(C)c(=O)n4C)c(=O)n2[C@@H]1c1c(OC)ccc2ccccc12. The maximum atomic E-state index is 14.2. The van der Waals surface area contributed by atoms with E-state index in [0.717, 1.165) is 27.4 Å². The van der Waals surface area contributed by atoms with E-state index in [1.165, 1.54) is 11.3 Å². The average molecular weight is 569 g/mol. The molecule has 0 saturated heterocycles. The van der Waals surface area contributed by atoms with Crippen LogP contribution in [0.2, 0.25) is 0 Å². The van der Waals surface area contributed by atoms with Gasteiger partial charge in [-0.3, -0.25) is 18.5 Å². The number of fused-ring (bicyclic) bond motifs is 3. The second-order valence-electron chi connectivity index (χ2n) is 9.85. The van der Waals surface area contributed by atoms with Crippen molar-refractivity contribution in [3.63, 3.8) is 0 Å². The summed E-state index contributed by atoms with van der Waals surface area (Å²) in [5, 5.41) is 1.81. The molecule has 0 unspecified atom stereocenters. The number of aryl methyl sites for hydroxylation is 2. The molecule has 9 nitrogen and oxygen atoms in total. The van der Waals surface area contributed by atoms with Gasteiger partial charge in [-0.25, -0.2) is 14.6 Å². The lowest BCUT2D eigenvalue weighted by Gasteiger charge is -2.27. The summed E-state index contributed by atoms with van der Waals surface area (Å²) in [7, 11) is 5.03. The number of thiazole rings is 1. The second-order valence-corrected chi connectivity index (χ2v) is 10.9. The fraction of sp³-hybridized carbons (Fsp3) is 0.226. The number of hydrogen-bond donors (Lipinski definition) is 0. The number of carbonyl (C=O) groups excluding carboxylic acids is 1. The van der Waals surface area contributed by atoms with Crippen molar-refractivity contribution in [2.75, 3.05) is 13.7 Å². The van der Waals surface area contributed by atoms with Crippen molar-refractivity contribution >= 4 is 45.2 Å². The van der Waals surface area contributed by atoms with Crippen molar-refractivity contribution in [2.24, 2.45) is 19.1 Å². The Labute approximate surface area is 238 Å². The van der Waals surface area contributed by atoms with Crippen LogP contribution in [0.15, 0.2) is 80.4 Å². The minimum absolute atomic E-state index is 0.123. The van der Waals surface area contributed by atoms with E-state index in [9.17, 15) is 14.4 Å². The molecule has 3 aromatic carbocycles. The summed E-state index contributed by atoms with van der Waals surface area (Å²) in [5.74, 6) is 0.0219. The van der Waals surface area contributed by atoms with Crippen LogP contribution in [0.25, 0.3) is 27.9 Å². The standard InChI is InChI=1S/C31H28N4O5S/c1-6-40-29(37)25-17(2)32-30-35(27(25)26-20-10-8-7-9-19(20)12-14-23(26)39-5)28(36)24(41-30)16-18-11-13-21-22(15-18)34(4)31(38)33(21)3/h7-16,27H,6H2,1-5H3/b24-16+/t27-/m0/s1. The fourth-order valence-electron chi connectivity index (χ4n) is 5.57. The van der Waals surface area contributed by atoms with Crippen LogP contribution in [0.1, 0.15) is 31.0 Å². The number of ether oxygens (including phenoxy) is 2. The Bertz CT molecular complexity index is 2160.